The van der Waals surface area contributed by atoms with E-state index < -0.39 is 0 Å². The first-order valence-corrected chi connectivity index (χ1v) is 16.7. The monoisotopic (exact) mass is 703 g/mol. The zero-order chi connectivity index (χ0) is 32.3. The Morgan fingerprint density at radius 2 is 0.960 bits per heavy atom. The normalized spacial score (nSPS) is 13.9. The van der Waals surface area contributed by atoms with Crippen LogP contribution in [-0.2, 0) is 19.5 Å². The van der Waals surface area contributed by atoms with E-state index in [-0.39, 0.29) is 19.5 Å². The van der Waals surface area contributed by atoms with Gasteiger partial charge in [-0.2, -0.15) is 0 Å². The molecule has 0 unspecified atom stereocenters. The van der Waals surface area contributed by atoms with Crippen LogP contribution in [0.5, 0.6) is 5.75 Å². The molecule has 7 aromatic rings. The van der Waals surface area contributed by atoms with E-state index in [1.165, 1.54) is 19.3 Å². The summed E-state index contributed by atoms with van der Waals surface area (Å²) in [4.78, 5) is 42.4. The maximum atomic E-state index is 6.28. The fourth-order valence-electron chi connectivity index (χ4n) is 7.05. The standard InChI is InChI=1S/C39H29N9O.Zn/c1-8-18-48(19-9-1)20-21-49-23-16-17-30-31(22-23)39-46-37-29-15-7-6-14-28(29)35(44-37)42-33-25-11-3-2-10-24(25)32(40-33)41-34-26-12-4-5-13-27(26)36(43-34)45-38(30)47-39;/h2-7,10-17,22H,1,8-9,18-21H2;/q-2;+2. The van der Waals surface area contributed by atoms with Gasteiger partial charge in [0.05, 0.1) is 11.6 Å². The van der Waals surface area contributed by atoms with Crippen LogP contribution in [0.4, 0.5) is 0 Å². The zero-order valence-corrected chi connectivity index (χ0v) is 30.2. The van der Waals surface area contributed by atoms with E-state index in [0.717, 1.165) is 69.2 Å². The molecule has 0 spiro atoms. The summed E-state index contributed by atoms with van der Waals surface area (Å²) in [5.41, 5.74) is 5.64. The minimum Gasteiger partial charge on any atom is -0.492 e. The molecule has 11 heteroatoms. The van der Waals surface area contributed by atoms with E-state index >= 15 is 0 Å². The molecule has 10 rings (SSSR count). The van der Waals surface area contributed by atoms with Crippen LogP contribution in [0, 0.1) is 0 Å². The Morgan fingerprint density at radius 3 is 1.52 bits per heavy atom. The van der Waals surface area contributed by atoms with Crippen LogP contribution in [0.2, 0.25) is 0 Å². The van der Waals surface area contributed by atoms with Crippen molar-refractivity contribution in [2.45, 2.75) is 19.3 Å². The number of aromatic nitrogens is 8. The smallest absolute Gasteiger partial charge is 0.492 e. The minimum atomic E-state index is 0. The van der Waals surface area contributed by atoms with Gasteiger partial charge in [0.1, 0.15) is 12.4 Å². The van der Waals surface area contributed by atoms with Gasteiger partial charge in [-0.05, 0) is 65.7 Å². The molecule has 50 heavy (non-hydrogen) atoms. The first kappa shape index (κ1) is 30.7. The van der Waals surface area contributed by atoms with Crippen molar-refractivity contribution >= 4 is 44.1 Å². The molecular formula is C39H29N9OZn. The predicted octanol–water partition coefficient (Wildman–Crippen LogP) is 6.99. The summed E-state index contributed by atoms with van der Waals surface area (Å²) in [5.74, 6) is 2.94. The molecular weight excluding hydrogens is 676 g/mol. The number of likely N-dealkylation sites (tertiary alicyclic amines) is 1. The molecule has 0 N–H and O–H groups in total. The first-order valence-electron chi connectivity index (χ1n) is 16.7. The van der Waals surface area contributed by atoms with Crippen LogP contribution in [0.3, 0.4) is 0 Å². The number of nitrogens with zero attached hydrogens (tertiary/aromatic N) is 9. The fraction of sp³-hybridized carbons (Fsp3) is 0.179. The molecule has 0 radical (unpaired) electrons. The van der Waals surface area contributed by atoms with Gasteiger partial charge in [0.25, 0.3) is 0 Å². The van der Waals surface area contributed by atoms with Gasteiger partial charge >= 0.3 is 19.5 Å². The second-order valence-electron chi connectivity index (χ2n) is 12.6. The summed E-state index contributed by atoms with van der Waals surface area (Å²) >= 11 is 0. The second-order valence-corrected chi connectivity index (χ2v) is 12.6. The number of rotatable bonds is 4. The molecule has 1 fully saturated rings. The van der Waals surface area contributed by atoms with E-state index in [9.17, 15) is 0 Å². The van der Waals surface area contributed by atoms with Gasteiger partial charge in [-0.15, -0.1) is 0 Å². The van der Waals surface area contributed by atoms with Gasteiger partial charge in [-0.25, -0.2) is 15.0 Å². The summed E-state index contributed by atoms with van der Waals surface area (Å²) in [6.45, 7) is 3.79. The Kier molecular flexibility index (Phi) is 7.67. The number of benzene rings is 4. The minimum absolute atomic E-state index is 0. The third-order valence-electron chi connectivity index (χ3n) is 9.52. The predicted molar refractivity (Wildman–Crippen MR) is 190 cm³/mol. The van der Waals surface area contributed by atoms with E-state index in [1.807, 2.05) is 91.0 Å². The average molecular weight is 705 g/mol. The molecule has 238 valence electrons. The van der Waals surface area contributed by atoms with Crippen molar-refractivity contribution in [2.24, 2.45) is 0 Å². The SMILES string of the molecule is [Zn+2].c1ccc2c(c1)-c1nc3nc(nc4[n-]c(nc5[n-]c(nc-2n1)c1ccccc51)c1cc(OCCN2CCCCC2)ccc41)-c1ccccc1-3. The number of fused-ring (bicyclic) bond motifs is 20. The van der Waals surface area contributed by atoms with Crippen molar-refractivity contribution in [3.8, 4) is 51.3 Å². The van der Waals surface area contributed by atoms with Gasteiger partial charge in [-0.3, -0.25) is 4.90 Å². The molecule has 4 aromatic carbocycles. The van der Waals surface area contributed by atoms with Crippen molar-refractivity contribution in [2.75, 3.05) is 26.2 Å². The Hall–Kier alpha value is -5.38. The molecule has 3 aliphatic rings. The van der Waals surface area contributed by atoms with Gasteiger partial charge in [0, 0.05) is 51.4 Å². The van der Waals surface area contributed by atoms with Crippen LogP contribution >= 0.6 is 0 Å². The van der Waals surface area contributed by atoms with Gasteiger partial charge in [-0.1, -0.05) is 79.2 Å². The van der Waals surface area contributed by atoms with E-state index in [2.05, 4.69) is 4.90 Å². The third-order valence-corrected chi connectivity index (χ3v) is 9.52. The van der Waals surface area contributed by atoms with Gasteiger partial charge in [0.2, 0.25) is 0 Å². The van der Waals surface area contributed by atoms with E-state index in [0.29, 0.717) is 52.5 Å². The molecule has 1 saturated heterocycles. The van der Waals surface area contributed by atoms with Crippen molar-refractivity contribution in [3.05, 3.63) is 91.0 Å². The molecule has 3 aliphatic heterocycles. The van der Waals surface area contributed by atoms with Gasteiger partial charge < -0.3 is 29.7 Å². The van der Waals surface area contributed by atoms with Gasteiger partial charge in [0.15, 0.2) is 11.6 Å². The number of ether oxygens (including phenoxy) is 1. The maximum Gasteiger partial charge on any atom is 2.00 e. The summed E-state index contributed by atoms with van der Waals surface area (Å²) in [5, 5.41) is 3.44. The molecule has 0 amide bonds. The van der Waals surface area contributed by atoms with Crippen LogP contribution in [0.1, 0.15) is 19.3 Å². The van der Waals surface area contributed by atoms with Crippen molar-refractivity contribution in [3.63, 3.8) is 0 Å². The third kappa shape index (κ3) is 5.25. The van der Waals surface area contributed by atoms with Crippen molar-refractivity contribution in [1.29, 1.82) is 0 Å². The van der Waals surface area contributed by atoms with Crippen LogP contribution in [-0.4, -0.2) is 61.0 Å². The number of piperidine rings is 1. The molecule has 0 atom stereocenters. The summed E-state index contributed by atoms with van der Waals surface area (Å²) in [7, 11) is 0. The molecule has 8 bridgehead atoms. The topological polar surface area (TPSA) is 118 Å². The van der Waals surface area contributed by atoms with Crippen molar-refractivity contribution in [1.82, 2.24) is 44.8 Å². The second kappa shape index (κ2) is 12.5. The Labute approximate surface area is 299 Å². The van der Waals surface area contributed by atoms with Crippen molar-refractivity contribution < 1.29 is 24.2 Å². The summed E-state index contributed by atoms with van der Waals surface area (Å²) < 4.78 is 6.28. The quantitative estimate of drug-likeness (QED) is 0.177. The first-order chi connectivity index (χ1) is 24.2. The summed E-state index contributed by atoms with van der Waals surface area (Å²) in [6, 6.07) is 30.0. The fourth-order valence-corrected chi connectivity index (χ4v) is 7.05. The van der Waals surface area contributed by atoms with Crippen LogP contribution in [0.15, 0.2) is 91.0 Å². The Bertz CT molecular complexity index is 2610. The molecule has 0 saturated carbocycles. The number of hydrogen-bond donors (Lipinski definition) is 0. The van der Waals surface area contributed by atoms with Crippen LogP contribution in [0.25, 0.3) is 89.7 Å². The average Bonchev–Trinajstić information content (AvgIpc) is 3.88. The molecule has 0 aliphatic carbocycles. The Morgan fingerprint density at radius 1 is 0.500 bits per heavy atom. The zero-order valence-electron chi connectivity index (χ0n) is 27.3. The van der Waals surface area contributed by atoms with Crippen LogP contribution < -0.4 is 14.7 Å². The Balaban J connectivity index is 0.00000336. The van der Waals surface area contributed by atoms with E-state index in [1.54, 1.807) is 0 Å². The molecule has 10 nitrogen and oxygen atoms in total. The number of hydrogen-bond acceptors (Lipinski definition) is 8. The van der Waals surface area contributed by atoms with E-state index in [4.69, 9.17) is 44.6 Å². The largest absolute Gasteiger partial charge is 2.00 e. The summed E-state index contributed by atoms with van der Waals surface area (Å²) in [6.07, 6.45) is 3.83. The maximum absolute atomic E-state index is 6.28. The molecule has 3 aromatic heterocycles. The molecule has 6 heterocycles.